The number of nitrogens with one attached hydrogen (secondary N) is 1. The zero-order valence-electron chi connectivity index (χ0n) is 9.96. The number of hydrogen-bond donors (Lipinski definition) is 2. The molecular formula is C14H12F3NO. The molecule has 0 aliphatic rings. The fourth-order valence-electron chi connectivity index (χ4n) is 1.69. The van der Waals surface area contributed by atoms with Crippen molar-refractivity contribution in [1.82, 2.24) is 0 Å². The van der Waals surface area contributed by atoms with Gasteiger partial charge in [-0.3, -0.25) is 0 Å². The van der Waals surface area contributed by atoms with E-state index in [1.807, 2.05) is 0 Å². The molecule has 0 heterocycles. The molecule has 0 fully saturated rings. The van der Waals surface area contributed by atoms with E-state index in [1.54, 1.807) is 24.3 Å². The van der Waals surface area contributed by atoms with Crippen molar-refractivity contribution in [1.29, 1.82) is 0 Å². The molecule has 0 unspecified atom stereocenters. The highest BCUT2D eigenvalue weighted by atomic mass is 19.2. The van der Waals surface area contributed by atoms with E-state index in [1.165, 1.54) is 0 Å². The van der Waals surface area contributed by atoms with Gasteiger partial charge in [-0.25, -0.2) is 13.2 Å². The molecule has 0 spiro atoms. The van der Waals surface area contributed by atoms with E-state index in [4.69, 9.17) is 5.11 Å². The van der Waals surface area contributed by atoms with Gasteiger partial charge in [-0.2, -0.15) is 0 Å². The molecule has 0 saturated carbocycles. The van der Waals surface area contributed by atoms with Crippen LogP contribution < -0.4 is 5.32 Å². The van der Waals surface area contributed by atoms with Crippen molar-refractivity contribution in [3.05, 3.63) is 65.0 Å². The summed E-state index contributed by atoms with van der Waals surface area (Å²) < 4.78 is 38.8. The van der Waals surface area contributed by atoms with Gasteiger partial charge in [0.05, 0.1) is 6.61 Å². The predicted octanol–water partition coefficient (Wildman–Crippen LogP) is 3.21. The van der Waals surface area contributed by atoms with Gasteiger partial charge in [0.1, 0.15) is 0 Å². The lowest BCUT2D eigenvalue weighted by atomic mass is 10.2. The van der Waals surface area contributed by atoms with E-state index in [9.17, 15) is 13.2 Å². The summed E-state index contributed by atoms with van der Waals surface area (Å²) in [5.74, 6) is -3.88. The summed E-state index contributed by atoms with van der Waals surface area (Å²) in [5.41, 5.74) is 1.73. The Bertz CT molecular complexity index is 564. The van der Waals surface area contributed by atoms with Crippen LogP contribution >= 0.6 is 0 Å². The van der Waals surface area contributed by atoms with Crippen molar-refractivity contribution in [3.63, 3.8) is 0 Å². The molecule has 2 rings (SSSR count). The quantitative estimate of drug-likeness (QED) is 0.834. The van der Waals surface area contributed by atoms with Gasteiger partial charge >= 0.3 is 0 Å². The Balaban J connectivity index is 2.10. The zero-order valence-corrected chi connectivity index (χ0v) is 9.96. The monoisotopic (exact) mass is 267 g/mol. The summed E-state index contributed by atoms with van der Waals surface area (Å²) in [4.78, 5) is 0. The first-order chi connectivity index (χ1) is 9.10. The van der Waals surface area contributed by atoms with Gasteiger partial charge in [0.15, 0.2) is 17.5 Å². The van der Waals surface area contributed by atoms with Crippen LogP contribution in [0.1, 0.15) is 11.1 Å². The molecule has 2 N–H and O–H groups in total. The van der Waals surface area contributed by atoms with Crippen LogP contribution in [0.2, 0.25) is 0 Å². The van der Waals surface area contributed by atoms with Crippen LogP contribution in [0.3, 0.4) is 0 Å². The van der Waals surface area contributed by atoms with Crippen LogP contribution in [-0.2, 0) is 13.2 Å². The second-order valence-corrected chi connectivity index (χ2v) is 4.09. The van der Waals surface area contributed by atoms with Crippen molar-refractivity contribution in [2.75, 3.05) is 5.32 Å². The minimum Gasteiger partial charge on any atom is -0.392 e. The molecule has 0 aliphatic carbocycles. The van der Waals surface area contributed by atoms with E-state index in [0.717, 1.165) is 17.7 Å². The summed E-state index contributed by atoms with van der Waals surface area (Å²) in [6.45, 7) is 0.0678. The molecule has 0 atom stereocenters. The van der Waals surface area contributed by atoms with Gasteiger partial charge in [-0.15, -0.1) is 0 Å². The Morgan fingerprint density at radius 3 is 2.26 bits per heavy atom. The number of rotatable bonds is 4. The average Bonchev–Trinajstić information content (AvgIpc) is 2.42. The Hall–Kier alpha value is -2.01. The molecular weight excluding hydrogens is 255 g/mol. The fourth-order valence-corrected chi connectivity index (χ4v) is 1.69. The highest BCUT2D eigenvalue weighted by molar-refractivity contribution is 5.46. The third kappa shape index (κ3) is 3.26. The summed E-state index contributed by atoms with van der Waals surface area (Å²) in [6, 6.07) is 8.87. The molecule has 0 saturated heterocycles. The van der Waals surface area contributed by atoms with E-state index in [2.05, 4.69) is 5.32 Å². The van der Waals surface area contributed by atoms with E-state index < -0.39 is 17.5 Å². The van der Waals surface area contributed by atoms with Gasteiger partial charge in [-0.05, 0) is 35.4 Å². The van der Waals surface area contributed by atoms with Gasteiger partial charge in [0.2, 0.25) is 0 Å². The topological polar surface area (TPSA) is 32.3 Å². The van der Waals surface area contributed by atoms with Gasteiger partial charge < -0.3 is 10.4 Å². The first kappa shape index (κ1) is 13.4. The SMILES string of the molecule is OCc1cccc(NCc2cc(F)c(F)c(F)c2)c1. The Morgan fingerprint density at radius 1 is 0.947 bits per heavy atom. The van der Waals surface area contributed by atoms with Crippen LogP contribution in [0, 0.1) is 17.5 Å². The Kier molecular flexibility index (Phi) is 4.06. The van der Waals surface area contributed by atoms with Crippen molar-refractivity contribution < 1.29 is 18.3 Å². The van der Waals surface area contributed by atoms with Crippen molar-refractivity contribution in [3.8, 4) is 0 Å². The lowest BCUT2D eigenvalue weighted by Crippen LogP contribution is -2.02. The number of aliphatic hydroxyl groups excluding tert-OH is 1. The van der Waals surface area contributed by atoms with Crippen molar-refractivity contribution >= 4 is 5.69 Å². The molecule has 0 bridgehead atoms. The third-order valence-electron chi connectivity index (χ3n) is 2.65. The van der Waals surface area contributed by atoms with Crippen molar-refractivity contribution in [2.45, 2.75) is 13.2 Å². The minimum atomic E-state index is -1.47. The molecule has 2 nitrogen and oxygen atoms in total. The highest BCUT2D eigenvalue weighted by Crippen LogP contribution is 2.16. The van der Waals surface area contributed by atoms with E-state index in [-0.39, 0.29) is 13.2 Å². The molecule has 0 radical (unpaired) electrons. The maximum atomic E-state index is 13.0. The second kappa shape index (κ2) is 5.75. The molecule has 2 aromatic rings. The van der Waals surface area contributed by atoms with E-state index in [0.29, 0.717) is 11.3 Å². The first-order valence-electron chi connectivity index (χ1n) is 5.67. The highest BCUT2D eigenvalue weighted by Gasteiger charge is 2.10. The molecule has 100 valence electrons. The maximum absolute atomic E-state index is 13.0. The summed E-state index contributed by atoms with van der Waals surface area (Å²) in [6.07, 6.45) is 0. The second-order valence-electron chi connectivity index (χ2n) is 4.09. The number of anilines is 1. The van der Waals surface area contributed by atoms with Gasteiger partial charge in [-0.1, -0.05) is 12.1 Å². The standard InChI is InChI=1S/C14H12F3NO/c15-12-5-10(6-13(16)14(12)17)7-18-11-3-1-2-9(4-11)8-19/h1-6,18-19H,7-8H2. The molecule has 5 heteroatoms. The van der Waals surface area contributed by atoms with Gasteiger partial charge in [0, 0.05) is 12.2 Å². The summed E-state index contributed by atoms with van der Waals surface area (Å²) >= 11 is 0. The van der Waals surface area contributed by atoms with Crippen LogP contribution in [0.4, 0.5) is 18.9 Å². The van der Waals surface area contributed by atoms with Crippen LogP contribution in [0.15, 0.2) is 36.4 Å². The molecule has 0 amide bonds. The molecule has 0 aliphatic heterocycles. The smallest absolute Gasteiger partial charge is 0.194 e. The predicted molar refractivity (Wildman–Crippen MR) is 66.0 cm³/mol. The minimum absolute atomic E-state index is 0.0880. The zero-order chi connectivity index (χ0) is 13.8. The number of aliphatic hydroxyl groups is 1. The number of hydrogen-bond acceptors (Lipinski definition) is 2. The summed E-state index contributed by atoms with van der Waals surface area (Å²) in [7, 11) is 0. The Morgan fingerprint density at radius 2 is 1.63 bits per heavy atom. The van der Waals surface area contributed by atoms with Crippen LogP contribution in [-0.4, -0.2) is 5.11 Å². The van der Waals surface area contributed by atoms with Crippen LogP contribution in [0.25, 0.3) is 0 Å². The summed E-state index contributed by atoms with van der Waals surface area (Å²) in [5, 5.41) is 11.9. The largest absolute Gasteiger partial charge is 0.392 e. The molecule has 2 aromatic carbocycles. The van der Waals surface area contributed by atoms with Crippen molar-refractivity contribution in [2.24, 2.45) is 0 Å². The number of benzene rings is 2. The van der Waals surface area contributed by atoms with Gasteiger partial charge in [0.25, 0.3) is 0 Å². The Labute approximate surface area is 108 Å². The third-order valence-corrected chi connectivity index (χ3v) is 2.65. The maximum Gasteiger partial charge on any atom is 0.194 e. The number of halogens is 3. The molecule has 0 aromatic heterocycles. The first-order valence-corrected chi connectivity index (χ1v) is 5.67. The van der Waals surface area contributed by atoms with Crippen LogP contribution in [0.5, 0.6) is 0 Å². The molecule has 19 heavy (non-hydrogen) atoms. The fraction of sp³-hybridized carbons (Fsp3) is 0.143. The lowest BCUT2D eigenvalue weighted by molar-refractivity contribution is 0.282. The average molecular weight is 267 g/mol. The lowest BCUT2D eigenvalue weighted by Gasteiger charge is -2.08. The normalized spacial score (nSPS) is 10.5. The van der Waals surface area contributed by atoms with E-state index >= 15 is 0 Å².